The summed E-state index contributed by atoms with van der Waals surface area (Å²) in [6, 6.07) is 7.14. The molecule has 0 aromatic heterocycles. The van der Waals surface area contributed by atoms with Gasteiger partial charge in [-0.25, -0.2) is 4.39 Å². The first kappa shape index (κ1) is 13.5. The Bertz CT molecular complexity index is 392. The molecule has 0 heterocycles. The molecule has 1 aliphatic rings. The van der Waals surface area contributed by atoms with Crippen LogP contribution < -0.4 is 5.32 Å². The van der Waals surface area contributed by atoms with E-state index in [1.54, 1.807) is 0 Å². The van der Waals surface area contributed by atoms with Gasteiger partial charge >= 0.3 is 0 Å². The number of hydrogen-bond donors (Lipinski definition) is 2. The van der Waals surface area contributed by atoms with Gasteiger partial charge in [-0.1, -0.05) is 25.5 Å². The van der Waals surface area contributed by atoms with Gasteiger partial charge in [0.25, 0.3) is 0 Å². The van der Waals surface area contributed by atoms with E-state index in [-0.39, 0.29) is 23.9 Å². The standard InChI is InChI=1S/C15H22FNO/c1-11(12-5-7-13(16)8-6-12)17-14-4-3-9-15(14,2)10-18/h5-8,11,14,17-18H,3-4,9-10H2,1-2H3. The molecule has 3 unspecified atom stereocenters. The lowest BCUT2D eigenvalue weighted by atomic mass is 9.85. The molecule has 0 amide bonds. The first-order chi connectivity index (χ1) is 8.55. The topological polar surface area (TPSA) is 32.3 Å². The lowest BCUT2D eigenvalue weighted by Gasteiger charge is -2.32. The van der Waals surface area contributed by atoms with E-state index < -0.39 is 0 Å². The number of nitrogens with one attached hydrogen (secondary N) is 1. The van der Waals surface area contributed by atoms with Gasteiger partial charge in [-0.05, 0) is 37.5 Å². The molecule has 1 saturated carbocycles. The molecule has 2 nitrogen and oxygen atoms in total. The van der Waals surface area contributed by atoms with Gasteiger partial charge in [0.1, 0.15) is 5.82 Å². The number of halogens is 1. The van der Waals surface area contributed by atoms with Gasteiger partial charge < -0.3 is 10.4 Å². The Kier molecular flexibility index (Phi) is 4.03. The molecule has 0 radical (unpaired) electrons. The Balaban J connectivity index is 2.03. The van der Waals surface area contributed by atoms with Gasteiger partial charge in [0.15, 0.2) is 0 Å². The molecule has 0 aliphatic heterocycles. The monoisotopic (exact) mass is 251 g/mol. The van der Waals surface area contributed by atoms with Crippen LogP contribution in [0, 0.1) is 11.2 Å². The second-order valence-electron chi connectivity index (χ2n) is 5.70. The summed E-state index contributed by atoms with van der Waals surface area (Å²) in [7, 11) is 0. The molecule has 0 bridgehead atoms. The van der Waals surface area contributed by atoms with Crippen molar-refractivity contribution in [3.05, 3.63) is 35.6 Å². The first-order valence-electron chi connectivity index (χ1n) is 6.67. The normalized spacial score (nSPS) is 29.4. The molecule has 2 N–H and O–H groups in total. The lowest BCUT2D eigenvalue weighted by molar-refractivity contribution is 0.114. The Morgan fingerprint density at radius 1 is 1.44 bits per heavy atom. The summed E-state index contributed by atoms with van der Waals surface area (Å²) in [4.78, 5) is 0. The molecular formula is C15H22FNO. The number of rotatable bonds is 4. The SMILES string of the molecule is CC(NC1CCCC1(C)CO)c1ccc(F)cc1. The Hall–Kier alpha value is -0.930. The van der Waals surface area contributed by atoms with Crippen LogP contribution in [0.2, 0.25) is 0 Å². The van der Waals surface area contributed by atoms with E-state index in [2.05, 4.69) is 19.2 Å². The maximum Gasteiger partial charge on any atom is 0.123 e. The fourth-order valence-electron chi connectivity index (χ4n) is 2.86. The second kappa shape index (κ2) is 5.37. The summed E-state index contributed by atoms with van der Waals surface area (Å²) in [5, 5.41) is 13.1. The third-order valence-corrected chi connectivity index (χ3v) is 4.26. The van der Waals surface area contributed by atoms with Crippen molar-refractivity contribution < 1.29 is 9.50 Å². The molecular weight excluding hydrogens is 229 g/mol. The average molecular weight is 251 g/mol. The van der Waals surface area contributed by atoms with Gasteiger partial charge in [-0.2, -0.15) is 0 Å². The number of aliphatic hydroxyl groups is 1. The van der Waals surface area contributed by atoms with Crippen molar-refractivity contribution >= 4 is 0 Å². The maximum atomic E-state index is 12.9. The van der Waals surface area contributed by atoms with Crippen LogP contribution in [-0.4, -0.2) is 17.8 Å². The molecule has 1 fully saturated rings. The van der Waals surface area contributed by atoms with E-state index in [0.717, 1.165) is 24.8 Å². The van der Waals surface area contributed by atoms with E-state index in [4.69, 9.17) is 0 Å². The molecule has 100 valence electrons. The Labute approximate surface area is 108 Å². The number of aliphatic hydroxyl groups excluding tert-OH is 1. The van der Waals surface area contributed by atoms with Crippen LogP contribution in [0.4, 0.5) is 4.39 Å². The summed E-state index contributed by atoms with van der Waals surface area (Å²) in [6.45, 7) is 4.44. The molecule has 1 aromatic carbocycles. The fraction of sp³-hybridized carbons (Fsp3) is 0.600. The zero-order valence-electron chi connectivity index (χ0n) is 11.1. The molecule has 2 rings (SSSR count). The highest BCUT2D eigenvalue weighted by molar-refractivity contribution is 5.19. The van der Waals surface area contributed by atoms with Crippen molar-refractivity contribution in [1.29, 1.82) is 0 Å². The van der Waals surface area contributed by atoms with Crippen LogP contribution in [0.3, 0.4) is 0 Å². The van der Waals surface area contributed by atoms with E-state index in [1.807, 2.05) is 12.1 Å². The van der Waals surface area contributed by atoms with Crippen molar-refractivity contribution in [2.75, 3.05) is 6.61 Å². The van der Waals surface area contributed by atoms with E-state index in [0.29, 0.717) is 6.04 Å². The zero-order chi connectivity index (χ0) is 13.2. The highest BCUT2D eigenvalue weighted by atomic mass is 19.1. The minimum absolute atomic E-state index is 0.0196. The molecule has 1 aromatic rings. The molecule has 0 spiro atoms. The summed E-state index contributed by atoms with van der Waals surface area (Å²) >= 11 is 0. The van der Waals surface area contributed by atoms with Crippen LogP contribution in [0.5, 0.6) is 0 Å². The summed E-state index contributed by atoms with van der Waals surface area (Å²) in [5.41, 5.74) is 1.07. The van der Waals surface area contributed by atoms with Crippen molar-refractivity contribution in [3.63, 3.8) is 0 Å². The highest BCUT2D eigenvalue weighted by Gasteiger charge is 2.38. The predicted octanol–water partition coefficient (Wildman–Crippen LogP) is 3.03. The number of hydrogen-bond acceptors (Lipinski definition) is 2. The molecule has 18 heavy (non-hydrogen) atoms. The Morgan fingerprint density at radius 3 is 2.72 bits per heavy atom. The maximum absolute atomic E-state index is 12.9. The average Bonchev–Trinajstić information content (AvgIpc) is 2.72. The van der Waals surface area contributed by atoms with Crippen LogP contribution in [0.25, 0.3) is 0 Å². The van der Waals surface area contributed by atoms with E-state index in [9.17, 15) is 9.50 Å². The molecule has 1 aliphatic carbocycles. The van der Waals surface area contributed by atoms with Gasteiger partial charge in [0.2, 0.25) is 0 Å². The van der Waals surface area contributed by atoms with Crippen molar-refractivity contribution in [1.82, 2.24) is 5.32 Å². The molecule has 3 atom stereocenters. The minimum Gasteiger partial charge on any atom is -0.396 e. The van der Waals surface area contributed by atoms with Crippen LogP contribution >= 0.6 is 0 Å². The van der Waals surface area contributed by atoms with Crippen LogP contribution in [0.15, 0.2) is 24.3 Å². The first-order valence-corrected chi connectivity index (χ1v) is 6.67. The van der Waals surface area contributed by atoms with Crippen molar-refractivity contribution in [3.8, 4) is 0 Å². The van der Waals surface area contributed by atoms with Gasteiger partial charge in [-0.15, -0.1) is 0 Å². The predicted molar refractivity (Wildman–Crippen MR) is 70.8 cm³/mol. The third kappa shape index (κ3) is 2.73. The lowest BCUT2D eigenvalue weighted by Crippen LogP contribution is -2.42. The molecule has 0 saturated heterocycles. The Morgan fingerprint density at radius 2 is 2.11 bits per heavy atom. The second-order valence-corrected chi connectivity index (χ2v) is 5.70. The summed E-state index contributed by atoms with van der Waals surface area (Å²) in [6.07, 6.45) is 3.32. The van der Waals surface area contributed by atoms with Gasteiger partial charge in [0.05, 0.1) is 0 Å². The fourth-order valence-corrected chi connectivity index (χ4v) is 2.86. The van der Waals surface area contributed by atoms with E-state index >= 15 is 0 Å². The zero-order valence-corrected chi connectivity index (χ0v) is 11.1. The van der Waals surface area contributed by atoms with Gasteiger partial charge in [0, 0.05) is 24.1 Å². The van der Waals surface area contributed by atoms with Crippen LogP contribution in [0.1, 0.15) is 44.7 Å². The van der Waals surface area contributed by atoms with Crippen LogP contribution in [-0.2, 0) is 0 Å². The summed E-state index contributed by atoms with van der Waals surface area (Å²) < 4.78 is 12.9. The highest BCUT2D eigenvalue weighted by Crippen LogP contribution is 2.38. The summed E-state index contributed by atoms with van der Waals surface area (Å²) in [5.74, 6) is -0.202. The van der Waals surface area contributed by atoms with E-state index in [1.165, 1.54) is 12.1 Å². The van der Waals surface area contributed by atoms with Crippen molar-refractivity contribution in [2.45, 2.75) is 45.2 Å². The molecule has 3 heteroatoms. The quantitative estimate of drug-likeness (QED) is 0.862. The largest absolute Gasteiger partial charge is 0.396 e. The minimum atomic E-state index is -0.202. The third-order valence-electron chi connectivity index (χ3n) is 4.26. The number of benzene rings is 1. The van der Waals surface area contributed by atoms with Crippen molar-refractivity contribution in [2.24, 2.45) is 5.41 Å². The smallest absolute Gasteiger partial charge is 0.123 e. The van der Waals surface area contributed by atoms with Gasteiger partial charge in [-0.3, -0.25) is 0 Å².